The first-order chi connectivity index (χ1) is 4.70. The highest BCUT2D eigenvalue weighted by Crippen LogP contribution is 2.15. The Kier molecular flexibility index (Phi) is 2.06. The smallest absolute Gasteiger partial charge is 0.157 e. The molecule has 0 bridgehead atoms. The molecule has 1 aliphatic rings. The molecule has 1 N–H and O–H groups in total. The van der Waals surface area contributed by atoms with Crippen LogP contribution in [-0.4, -0.2) is 23.1 Å². The quantitative estimate of drug-likeness (QED) is 0.552. The maximum Gasteiger partial charge on any atom is 0.157 e. The van der Waals surface area contributed by atoms with Crippen molar-refractivity contribution in [2.75, 3.05) is 7.05 Å². The first-order valence-electron chi connectivity index (χ1n) is 3.36. The number of nitrogens with zero attached hydrogens (tertiary/aromatic N) is 1. The van der Waals surface area contributed by atoms with E-state index in [4.69, 9.17) is 5.21 Å². The molecule has 0 unspecified atom stereocenters. The normalized spacial score (nSPS) is 18.6. The van der Waals surface area contributed by atoms with E-state index in [1.807, 2.05) is 0 Å². The standard InChI is InChI=1S/C7H11NO2/c1-8(10)6-3-2-4-7(9)5-6/h5,10H,2-4H2,1H3. The van der Waals surface area contributed by atoms with Gasteiger partial charge < -0.3 is 0 Å². The maximum atomic E-state index is 10.8. The van der Waals surface area contributed by atoms with E-state index in [1.165, 1.54) is 13.1 Å². The zero-order valence-corrected chi connectivity index (χ0v) is 6.00. The summed E-state index contributed by atoms with van der Waals surface area (Å²) < 4.78 is 0. The first kappa shape index (κ1) is 7.28. The van der Waals surface area contributed by atoms with Crippen LogP contribution in [-0.2, 0) is 4.79 Å². The van der Waals surface area contributed by atoms with Crippen LogP contribution in [0.5, 0.6) is 0 Å². The molecular formula is C7H11NO2. The number of hydrogen-bond donors (Lipinski definition) is 1. The van der Waals surface area contributed by atoms with Gasteiger partial charge in [-0.25, -0.2) is 0 Å². The van der Waals surface area contributed by atoms with Gasteiger partial charge in [0.15, 0.2) is 5.78 Å². The average Bonchev–Trinajstić information content (AvgIpc) is 1.88. The van der Waals surface area contributed by atoms with Gasteiger partial charge in [-0.2, -0.15) is 0 Å². The second kappa shape index (κ2) is 2.84. The molecule has 0 aliphatic heterocycles. The first-order valence-corrected chi connectivity index (χ1v) is 3.36. The molecule has 0 fully saturated rings. The van der Waals surface area contributed by atoms with Crippen molar-refractivity contribution in [3.8, 4) is 0 Å². The minimum atomic E-state index is 0.113. The summed E-state index contributed by atoms with van der Waals surface area (Å²) in [6.45, 7) is 0. The number of hydroxylamine groups is 2. The molecular weight excluding hydrogens is 130 g/mol. The largest absolute Gasteiger partial charge is 0.295 e. The molecule has 0 spiro atoms. The molecule has 0 aromatic carbocycles. The lowest BCUT2D eigenvalue weighted by molar-refractivity contribution is -0.116. The zero-order valence-electron chi connectivity index (χ0n) is 6.00. The topological polar surface area (TPSA) is 40.5 Å². The Morgan fingerprint density at radius 3 is 2.70 bits per heavy atom. The summed E-state index contributed by atoms with van der Waals surface area (Å²) in [4.78, 5) is 10.8. The van der Waals surface area contributed by atoms with Gasteiger partial charge in [0.2, 0.25) is 0 Å². The second-order valence-corrected chi connectivity index (χ2v) is 2.48. The van der Waals surface area contributed by atoms with Crippen LogP contribution in [0.4, 0.5) is 0 Å². The predicted octanol–water partition coefficient (Wildman–Crippen LogP) is 0.944. The molecule has 1 aliphatic carbocycles. The number of ketones is 1. The van der Waals surface area contributed by atoms with E-state index in [-0.39, 0.29) is 5.78 Å². The summed E-state index contributed by atoms with van der Waals surface area (Å²) in [6, 6.07) is 0. The lowest BCUT2D eigenvalue weighted by atomic mass is 10.0. The summed E-state index contributed by atoms with van der Waals surface area (Å²) in [5.74, 6) is 0.113. The number of carbonyl (C=O) groups excluding carboxylic acids is 1. The SMILES string of the molecule is CN(O)C1=CC(=O)CCC1. The van der Waals surface area contributed by atoms with Crippen LogP contribution in [0.15, 0.2) is 11.8 Å². The monoisotopic (exact) mass is 141 g/mol. The minimum absolute atomic E-state index is 0.113. The second-order valence-electron chi connectivity index (χ2n) is 2.48. The van der Waals surface area contributed by atoms with E-state index < -0.39 is 0 Å². The van der Waals surface area contributed by atoms with Gasteiger partial charge in [0, 0.05) is 25.2 Å². The summed E-state index contributed by atoms with van der Waals surface area (Å²) in [5.41, 5.74) is 0.719. The van der Waals surface area contributed by atoms with Crippen LogP contribution in [0.3, 0.4) is 0 Å². The molecule has 0 saturated carbocycles. The average molecular weight is 141 g/mol. The number of rotatable bonds is 1. The molecule has 0 heterocycles. The van der Waals surface area contributed by atoms with Crippen LogP contribution < -0.4 is 0 Å². The lowest BCUT2D eigenvalue weighted by Crippen LogP contribution is -2.16. The van der Waals surface area contributed by atoms with Crippen molar-refractivity contribution in [1.82, 2.24) is 5.06 Å². The number of hydrogen-bond acceptors (Lipinski definition) is 3. The maximum absolute atomic E-state index is 10.8. The van der Waals surface area contributed by atoms with Gasteiger partial charge in [0.1, 0.15) is 0 Å². The van der Waals surface area contributed by atoms with Crippen LogP contribution in [0.2, 0.25) is 0 Å². The van der Waals surface area contributed by atoms with E-state index >= 15 is 0 Å². The van der Waals surface area contributed by atoms with E-state index in [0.717, 1.165) is 23.6 Å². The van der Waals surface area contributed by atoms with Crippen molar-refractivity contribution in [1.29, 1.82) is 0 Å². The fraction of sp³-hybridized carbons (Fsp3) is 0.571. The third kappa shape index (κ3) is 1.57. The van der Waals surface area contributed by atoms with Crippen LogP contribution >= 0.6 is 0 Å². The van der Waals surface area contributed by atoms with Crippen molar-refractivity contribution in [2.45, 2.75) is 19.3 Å². The Labute approximate surface area is 59.9 Å². The zero-order chi connectivity index (χ0) is 7.56. The highest BCUT2D eigenvalue weighted by molar-refractivity contribution is 5.90. The van der Waals surface area contributed by atoms with Gasteiger partial charge in [-0.15, -0.1) is 0 Å². The van der Waals surface area contributed by atoms with Gasteiger partial charge in [0.05, 0.1) is 0 Å². The van der Waals surface area contributed by atoms with Crippen molar-refractivity contribution in [2.24, 2.45) is 0 Å². The molecule has 10 heavy (non-hydrogen) atoms. The van der Waals surface area contributed by atoms with Crippen molar-refractivity contribution in [3.63, 3.8) is 0 Å². The van der Waals surface area contributed by atoms with Crippen molar-refractivity contribution < 1.29 is 10.0 Å². The van der Waals surface area contributed by atoms with Gasteiger partial charge in [0.25, 0.3) is 0 Å². The van der Waals surface area contributed by atoms with Crippen molar-refractivity contribution in [3.05, 3.63) is 11.8 Å². The number of allylic oxidation sites excluding steroid dienone is 2. The highest BCUT2D eigenvalue weighted by atomic mass is 16.5. The number of carbonyl (C=O) groups is 1. The molecule has 3 nitrogen and oxygen atoms in total. The summed E-state index contributed by atoms with van der Waals surface area (Å²) in [6.07, 6.45) is 3.79. The van der Waals surface area contributed by atoms with E-state index in [0.29, 0.717) is 6.42 Å². The molecule has 0 atom stereocenters. The van der Waals surface area contributed by atoms with Gasteiger partial charge >= 0.3 is 0 Å². The van der Waals surface area contributed by atoms with Crippen LogP contribution in [0.1, 0.15) is 19.3 Å². The molecule has 0 aromatic heterocycles. The van der Waals surface area contributed by atoms with Crippen molar-refractivity contribution >= 4 is 5.78 Å². The van der Waals surface area contributed by atoms with E-state index in [1.54, 1.807) is 0 Å². The summed E-state index contributed by atoms with van der Waals surface area (Å²) in [7, 11) is 1.53. The Hall–Kier alpha value is -0.830. The fourth-order valence-electron chi connectivity index (χ4n) is 1.03. The van der Waals surface area contributed by atoms with Gasteiger partial charge in [-0.1, -0.05) is 0 Å². The van der Waals surface area contributed by atoms with Crippen LogP contribution in [0.25, 0.3) is 0 Å². The highest BCUT2D eigenvalue weighted by Gasteiger charge is 2.11. The molecule has 0 amide bonds. The molecule has 0 aromatic rings. The molecule has 0 radical (unpaired) electrons. The molecule has 0 saturated heterocycles. The predicted molar refractivity (Wildman–Crippen MR) is 36.5 cm³/mol. The van der Waals surface area contributed by atoms with E-state index in [2.05, 4.69) is 0 Å². The molecule has 56 valence electrons. The molecule has 1 rings (SSSR count). The van der Waals surface area contributed by atoms with Crippen LogP contribution in [0, 0.1) is 0 Å². The third-order valence-corrected chi connectivity index (χ3v) is 1.60. The molecule has 3 heteroatoms. The Balaban J connectivity index is 2.66. The minimum Gasteiger partial charge on any atom is -0.295 e. The Bertz CT molecular complexity index is 172. The lowest BCUT2D eigenvalue weighted by Gasteiger charge is -2.17. The van der Waals surface area contributed by atoms with Gasteiger partial charge in [-0.05, 0) is 12.8 Å². The van der Waals surface area contributed by atoms with E-state index in [9.17, 15) is 4.79 Å². The Morgan fingerprint density at radius 1 is 1.60 bits per heavy atom. The van der Waals surface area contributed by atoms with Gasteiger partial charge in [-0.3, -0.25) is 15.1 Å². The Morgan fingerprint density at radius 2 is 2.30 bits per heavy atom. The third-order valence-electron chi connectivity index (χ3n) is 1.60. The fourth-order valence-corrected chi connectivity index (χ4v) is 1.03. The summed E-state index contributed by atoms with van der Waals surface area (Å²) >= 11 is 0. The summed E-state index contributed by atoms with van der Waals surface area (Å²) in [5, 5.41) is 9.92.